The first-order chi connectivity index (χ1) is 12.7. The second kappa shape index (κ2) is 8.96. The van der Waals surface area contributed by atoms with Gasteiger partial charge in [0.05, 0.1) is 5.57 Å². The molecule has 0 radical (unpaired) electrons. The van der Waals surface area contributed by atoms with E-state index in [0.29, 0.717) is 29.6 Å². The molecule has 2 aliphatic rings. The summed E-state index contributed by atoms with van der Waals surface area (Å²) in [6.07, 6.45) is 0.684. The Bertz CT molecular complexity index is 702. The zero-order valence-electron chi connectivity index (χ0n) is 15.6. The summed E-state index contributed by atoms with van der Waals surface area (Å²) in [5.74, 6) is -1.54. The maximum absolute atomic E-state index is 12.2. The molecule has 0 fully saturated rings. The SMILES string of the molecule is C=C1CCC2=C(COC(C)=O)C(=O)O[C@@H]2/C=C(\C)[C@@H](OC(C)=O)C[C@H]1OO. The standard InChI is InChI=1S/C19H24O8/c1-10-5-6-14-15(9-24-12(3)20)19(22)26-18(14)7-11(2)16(25-13(4)21)8-17(10)27-23/h7,16-18,23H,1,5-6,8-9H2,2-4H3/b11-7+/t16-,17+,18+/m0/s1. The van der Waals surface area contributed by atoms with E-state index in [1.165, 1.54) is 13.8 Å². The molecular formula is C19H24O8. The van der Waals surface area contributed by atoms with Crippen LogP contribution in [0.1, 0.15) is 40.0 Å². The van der Waals surface area contributed by atoms with Crippen molar-refractivity contribution in [3.05, 3.63) is 34.9 Å². The van der Waals surface area contributed by atoms with Crippen molar-refractivity contribution in [1.82, 2.24) is 0 Å². The maximum Gasteiger partial charge on any atom is 0.338 e. The molecule has 27 heavy (non-hydrogen) atoms. The van der Waals surface area contributed by atoms with Gasteiger partial charge in [-0.1, -0.05) is 6.58 Å². The summed E-state index contributed by atoms with van der Waals surface area (Å²) >= 11 is 0. The van der Waals surface area contributed by atoms with Gasteiger partial charge in [-0.3, -0.25) is 14.8 Å². The van der Waals surface area contributed by atoms with E-state index >= 15 is 0 Å². The first-order valence-corrected chi connectivity index (χ1v) is 8.62. The van der Waals surface area contributed by atoms with Crippen molar-refractivity contribution in [3.63, 3.8) is 0 Å². The highest BCUT2D eigenvalue weighted by Crippen LogP contribution is 2.33. The van der Waals surface area contributed by atoms with Crippen LogP contribution in [0.5, 0.6) is 0 Å². The van der Waals surface area contributed by atoms with E-state index in [0.717, 1.165) is 0 Å². The molecule has 0 spiro atoms. The quantitative estimate of drug-likeness (QED) is 0.260. The lowest BCUT2D eigenvalue weighted by molar-refractivity contribution is -0.273. The largest absolute Gasteiger partial charge is 0.461 e. The van der Waals surface area contributed by atoms with Crippen molar-refractivity contribution in [2.24, 2.45) is 0 Å². The van der Waals surface area contributed by atoms with Crippen molar-refractivity contribution in [1.29, 1.82) is 0 Å². The molecule has 0 bridgehead atoms. The van der Waals surface area contributed by atoms with Crippen LogP contribution in [0.3, 0.4) is 0 Å². The molecule has 0 unspecified atom stereocenters. The van der Waals surface area contributed by atoms with Crippen molar-refractivity contribution >= 4 is 17.9 Å². The summed E-state index contributed by atoms with van der Waals surface area (Å²) in [6, 6.07) is 0. The summed E-state index contributed by atoms with van der Waals surface area (Å²) in [7, 11) is 0. The molecule has 3 atom stereocenters. The molecule has 0 saturated carbocycles. The van der Waals surface area contributed by atoms with Gasteiger partial charge in [-0.2, -0.15) is 0 Å². The first kappa shape index (κ1) is 20.9. The summed E-state index contributed by atoms with van der Waals surface area (Å²) in [5.41, 5.74) is 2.19. The maximum atomic E-state index is 12.2. The normalized spacial score (nSPS) is 28.0. The molecule has 1 N–H and O–H groups in total. The van der Waals surface area contributed by atoms with Crippen LogP contribution in [-0.4, -0.2) is 48.1 Å². The molecule has 0 aromatic rings. The van der Waals surface area contributed by atoms with Gasteiger partial charge in [-0.05, 0) is 42.6 Å². The third-order valence-corrected chi connectivity index (χ3v) is 4.59. The molecule has 1 aliphatic carbocycles. The lowest BCUT2D eigenvalue weighted by Gasteiger charge is -2.26. The van der Waals surface area contributed by atoms with Crippen molar-refractivity contribution in [2.75, 3.05) is 6.61 Å². The number of ether oxygens (including phenoxy) is 3. The number of carbonyl (C=O) groups is 3. The molecule has 8 nitrogen and oxygen atoms in total. The second-order valence-corrected chi connectivity index (χ2v) is 6.61. The Kier molecular flexibility index (Phi) is 6.92. The monoisotopic (exact) mass is 380 g/mol. The van der Waals surface area contributed by atoms with Crippen LogP contribution in [0.25, 0.3) is 0 Å². The van der Waals surface area contributed by atoms with Gasteiger partial charge in [0.1, 0.15) is 24.9 Å². The minimum absolute atomic E-state index is 0.174. The number of esters is 3. The topological polar surface area (TPSA) is 108 Å². The Hall–Kier alpha value is -2.45. The van der Waals surface area contributed by atoms with Crippen LogP contribution in [0.4, 0.5) is 0 Å². The molecule has 0 amide bonds. The summed E-state index contributed by atoms with van der Waals surface area (Å²) in [4.78, 5) is 39.3. The van der Waals surface area contributed by atoms with Gasteiger partial charge in [-0.25, -0.2) is 9.68 Å². The first-order valence-electron chi connectivity index (χ1n) is 8.62. The number of rotatable bonds is 4. The Balaban J connectivity index is 2.41. The minimum atomic E-state index is -0.732. The molecule has 0 saturated heterocycles. The van der Waals surface area contributed by atoms with Crippen LogP contribution < -0.4 is 0 Å². The number of fused-ring (bicyclic) bond motifs is 1. The zero-order valence-corrected chi connectivity index (χ0v) is 15.6. The summed E-state index contributed by atoms with van der Waals surface area (Å²) < 4.78 is 15.7. The summed E-state index contributed by atoms with van der Waals surface area (Å²) in [5, 5.41) is 9.24. The fourth-order valence-electron chi connectivity index (χ4n) is 3.12. The fraction of sp³-hybridized carbons (Fsp3) is 0.526. The molecule has 1 heterocycles. The van der Waals surface area contributed by atoms with Gasteiger partial charge in [0.2, 0.25) is 0 Å². The molecule has 0 aromatic carbocycles. The summed E-state index contributed by atoms with van der Waals surface area (Å²) in [6.45, 7) is 8.04. The van der Waals surface area contributed by atoms with Crippen molar-refractivity contribution in [3.8, 4) is 0 Å². The second-order valence-electron chi connectivity index (χ2n) is 6.61. The number of carbonyl (C=O) groups excluding carboxylic acids is 3. The lowest BCUT2D eigenvalue weighted by Crippen LogP contribution is -2.28. The van der Waals surface area contributed by atoms with Crippen LogP contribution in [0.15, 0.2) is 34.9 Å². The molecule has 2 rings (SSSR count). The molecule has 1 aliphatic heterocycles. The van der Waals surface area contributed by atoms with Crippen LogP contribution >= 0.6 is 0 Å². The van der Waals surface area contributed by atoms with Crippen LogP contribution in [-0.2, 0) is 33.5 Å². The Morgan fingerprint density at radius 3 is 2.56 bits per heavy atom. The van der Waals surface area contributed by atoms with Gasteiger partial charge in [-0.15, -0.1) is 0 Å². The third kappa shape index (κ3) is 5.27. The highest BCUT2D eigenvalue weighted by Gasteiger charge is 2.35. The fourth-order valence-corrected chi connectivity index (χ4v) is 3.12. The van der Waals surface area contributed by atoms with E-state index in [1.54, 1.807) is 13.0 Å². The molecule has 8 heteroatoms. The van der Waals surface area contributed by atoms with E-state index in [1.807, 2.05) is 0 Å². The van der Waals surface area contributed by atoms with E-state index in [9.17, 15) is 19.6 Å². The predicted molar refractivity (Wildman–Crippen MR) is 93.3 cm³/mol. The molecule has 148 valence electrons. The average Bonchev–Trinajstić information content (AvgIpc) is 2.87. The van der Waals surface area contributed by atoms with Gasteiger partial charge >= 0.3 is 17.9 Å². The highest BCUT2D eigenvalue weighted by atomic mass is 17.1. The Morgan fingerprint density at radius 1 is 1.26 bits per heavy atom. The smallest absolute Gasteiger partial charge is 0.338 e. The predicted octanol–water partition coefficient (Wildman–Crippen LogP) is 2.25. The van der Waals surface area contributed by atoms with E-state index in [-0.39, 0.29) is 18.6 Å². The van der Waals surface area contributed by atoms with Crippen LogP contribution in [0, 0.1) is 0 Å². The molecule has 0 aromatic heterocycles. The number of hydrogen-bond donors (Lipinski definition) is 1. The van der Waals surface area contributed by atoms with Gasteiger partial charge in [0.15, 0.2) is 0 Å². The van der Waals surface area contributed by atoms with E-state index < -0.39 is 36.2 Å². The Morgan fingerprint density at radius 2 is 1.96 bits per heavy atom. The van der Waals surface area contributed by atoms with Crippen molar-refractivity contribution < 1.29 is 38.7 Å². The van der Waals surface area contributed by atoms with Crippen molar-refractivity contribution in [2.45, 2.75) is 58.3 Å². The minimum Gasteiger partial charge on any atom is -0.461 e. The lowest BCUT2D eigenvalue weighted by atomic mass is 9.90. The van der Waals surface area contributed by atoms with E-state index in [4.69, 9.17) is 14.2 Å². The van der Waals surface area contributed by atoms with Gasteiger partial charge in [0, 0.05) is 20.3 Å². The van der Waals surface area contributed by atoms with Crippen LogP contribution in [0.2, 0.25) is 0 Å². The Labute approximate surface area is 157 Å². The highest BCUT2D eigenvalue weighted by molar-refractivity contribution is 5.93. The zero-order chi connectivity index (χ0) is 20.1. The molecular weight excluding hydrogens is 356 g/mol. The third-order valence-electron chi connectivity index (χ3n) is 4.59. The van der Waals surface area contributed by atoms with E-state index in [2.05, 4.69) is 11.5 Å². The number of hydrogen-bond acceptors (Lipinski definition) is 8. The average molecular weight is 380 g/mol. The van der Waals surface area contributed by atoms with Gasteiger partial charge < -0.3 is 14.2 Å². The van der Waals surface area contributed by atoms with Gasteiger partial charge in [0.25, 0.3) is 0 Å².